The molecular weight excluding hydrogens is 244 g/mol. The van der Waals surface area contributed by atoms with Crippen LogP contribution < -0.4 is 0 Å². The van der Waals surface area contributed by atoms with Gasteiger partial charge >= 0.3 is 5.97 Å². The van der Waals surface area contributed by atoms with E-state index in [4.69, 9.17) is 0 Å². The molecule has 0 aliphatic rings. The zero-order valence-electron chi connectivity index (χ0n) is 11.9. The second kappa shape index (κ2) is 14.9. The Balaban J connectivity index is 2.92. The van der Waals surface area contributed by atoms with Crippen LogP contribution in [-0.4, -0.2) is 17.5 Å². The fourth-order valence-electron chi connectivity index (χ4n) is 1.95. The molecule has 0 saturated heterocycles. The highest BCUT2D eigenvalue weighted by molar-refractivity contribution is 7.99. The summed E-state index contributed by atoms with van der Waals surface area (Å²) in [7, 11) is 0. The van der Waals surface area contributed by atoms with Crippen LogP contribution >= 0.6 is 11.8 Å². The lowest BCUT2D eigenvalue weighted by Crippen LogP contribution is -1.94. The van der Waals surface area contributed by atoms with Gasteiger partial charge in [-0.2, -0.15) is 11.8 Å². The lowest BCUT2D eigenvalue weighted by Gasteiger charge is -2.02. The monoisotopic (exact) mass is 273 g/mol. The molecule has 0 aromatic carbocycles. The highest BCUT2D eigenvalue weighted by atomic mass is 32.2. The van der Waals surface area contributed by atoms with Crippen molar-refractivity contribution in [2.24, 2.45) is 0 Å². The Labute approximate surface area is 117 Å². The SMILES string of the molecule is CCCCCCCCCCCCSCCC([O])=O. The summed E-state index contributed by atoms with van der Waals surface area (Å²) >= 11 is 1.74. The van der Waals surface area contributed by atoms with Crippen molar-refractivity contribution < 1.29 is 9.90 Å². The summed E-state index contributed by atoms with van der Waals surface area (Å²) in [6.45, 7) is 2.25. The highest BCUT2D eigenvalue weighted by Crippen LogP contribution is 2.12. The standard InChI is InChI=1S/C15H29O2S/c1-2-3-4-5-6-7-8-9-10-11-13-18-14-12-15(16)17/h2-14H2,1H3. The molecule has 0 spiro atoms. The molecule has 0 heterocycles. The van der Waals surface area contributed by atoms with E-state index in [0.717, 1.165) is 5.75 Å². The lowest BCUT2D eigenvalue weighted by atomic mass is 10.1. The Kier molecular flexibility index (Phi) is 14.7. The number of rotatable bonds is 14. The Morgan fingerprint density at radius 3 is 1.78 bits per heavy atom. The number of carbonyl (C=O) groups is 1. The maximum Gasteiger partial charge on any atom is 0.356 e. The van der Waals surface area contributed by atoms with Gasteiger partial charge in [0.05, 0.1) is 6.42 Å². The van der Waals surface area contributed by atoms with E-state index in [-0.39, 0.29) is 6.42 Å². The van der Waals surface area contributed by atoms with Gasteiger partial charge in [-0.15, -0.1) is 0 Å². The first-order valence-corrected chi connectivity index (χ1v) is 8.70. The minimum absolute atomic E-state index is 0.197. The summed E-state index contributed by atoms with van der Waals surface area (Å²) in [6, 6.07) is 0. The van der Waals surface area contributed by atoms with Crippen LogP contribution in [0.25, 0.3) is 0 Å². The van der Waals surface area contributed by atoms with Crippen molar-refractivity contribution in [3.63, 3.8) is 0 Å². The molecule has 18 heavy (non-hydrogen) atoms. The molecule has 0 saturated carbocycles. The summed E-state index contributed by atoms with van der Waals surface area (Å²) in [6.07, 6.45) is 13.8. The van der Waals surface area contributed by atoms with Crippen molar-refractivity contribution in [2.75, 3.05) is 11.5 Å². The number of hydrogen-bond acceptors (Lipinski definition) is 2. The molecule has 0 rings (SSSR count). The molecule has 0 aromatic heterocycles. The first-order chi connectivity index (χ1) is 8.77. The predicted molar refractivity (Wildman–Crippen MR) is 79.5 cm³/mol. The molecule has 107 valence electrons. The fourth-order valence-corrected chi connectivity index (χ4v) is 2.87. The van der Waals surface area contributed by atoms with Crippen LogP contribution in [0, 0.1) is 0 Å². The van der Waals surface area contributed by atoms with Gasteiger partial charge < -0.3 is 0 Å². The Morgan fingerprint density at radius 1 is 0.778 bits per heavy atom. The van der Waals surface area contributed by atoms with E-state index in [1.54, 1.807) is 11.8 Å². The van der Waals surface area contributed by atoms with Crippen molar-refractivity contribution in [1.82, 2.24) is 0 Å². The van der Waals surface area contributed by atoms with Crippen molar-refractivity contribution in [2.45, 2.75) is 77.6 Å². The van der Waals surface area contributed by atoms with E-state index in [9.17, 15) is 9.90 Å². The molecule has 0 aromatic rings. The second-order valence-electron chi connectivity index (χ2n) is 4.92. The van der Waals surface area contributed by atoms with E-state index in [0.29, 0.717) is 5.75 Å². The Hall–Kier alpha value is -0.180. The van der Waals surface area contributed by atoms with E-state index >= 15 is 0 Å². The third kappa shape index (κ3) is 15.8. The minimum Gasteiger partial charge on any atom is -0.247 e. The van der Waals surface area contributed by atoms with Gasteiger partial charge in [0.25, 0.3) is 0 Å². The minimum atomic E-state index is -0.925. The van der Waals surface area contributed by atoms with E-state index in [1.165, 1.54) is 64.2 Å². The quantitative estimate of drug-likeness (QED) is 0.418. The molecule has 0 bridgehead atoms. The van der Waals surface area contributed by atoms with Gasteiger partial charge in [-0.25, -0.2) is 9.90 Å². The summed E-state index contributed by atoms with van der Waals surface area (Å²) in [5, 5.41) is 10.2. The molecule has 0 amide bonds. The van der Waals surface area contributed by atoms with E-state index < -0.39 is 5.97 Å². The summed E-state index contributed by atoms with van der Waals surface area (Å²) in [5.41, 5.74) is 0. The number of unbranched alkanes of at least 4 members (excludes halogenated alkanes) is 9. The van der Waals surface area contributed by atoms with E-state index in [2.05, 4.69) is 6.92 Å². The topological polar surface area (TPSA) is 37.0 Å². The van der Waals surface area contributed by atoms with Crippen LogP contribution in [0.3, 0.4) is 0 Å². The van der Waals surface area contributed by atoms with Crippen LogP contribution in [0.5, 0.6) is 0 Å². The summed E-state index contributed by atoms with van der Waals surface area (Å²) in [4.78, 5) is 10.2. The molecule has 3 heteroatoms. The van der Waals surface area contributed by atoms with Gasteiger partial charge in [0, 0.05) is 5.75 Å². The van der Waals surface area contributed by atoms with Gasteiger partial charge in [-0.05, 0) is 12.2 Å². The van der Waals surface area contributed by atoms with Gasteiger partial charge in [0.2, 0.25) is 0 Å². The Bertz CT molecular complexity index is 183. The summed E-state index contributed by atoms with van der Waals surface area (Å²) < 4.78 is 0. The average molecular weight is 273 g/mol. The van der Waals surface area contributed by atoms with Gasteiger partial charge in [-0.1, -0.05) is 64.7 Å². The van der Waals surface area contributed by atoms with Gasteiger partial charge in [-0.3, -0.25) is 0 Å². The second-order valence-corrected chi connectivity index (χ2v) is 6.14. The fraction of sp³-hybridized carbons (Fsp3) is 0.933. The molecule has 2 nitrogen and oxygen atoms in total. The maximum atomic E-state index is 10.2. The van der Waals surface area contributed by atoms with Gasteiger partial charge in [0.1, 0.15) is 0 Å². The summed E-state index contributed by atoms with van der Waals surface area (Å²) in [5.74, 6) is 0.884. The maximum absolute atomic E-state index is 10.2. The first-order valence-electron chi connectivity index (χ1n) is 7.55. The number of carbonyl (C=O) groups excluding carboxylic acids is 1. The van der Waals surface area contributed by atoms with Crippen molar-refractivity contribution in [3.05, 3.63) is 0 Å². The van der Waals surface area contributed by atoms with Crippen molar-refractivity contribution in [3.8, 4) is 0 Å². The third-order valence-electron chi connectivity index (χ3n) is 3.09. The van der Waals surface area contributed by atoms with Crippen LogP contribution in [0.2, 0.25) is 0 Å². The zero-order valence-corrected chi connectivity index (χ0v) is 12.7. The molecule has 0 N–H and O–H groups in total. The van der Waals surface area contributed by atoms with Crippen molar-refractivity contribution >= 4 is 17.7 Å². The predicted octanol–water partition coefficient (Wildman–Crippen LogP) is 4.99. The van der Waals surface area contributed by atoms with Crippen molar-refractivity contribution in [1.29, 1.82) is 0 Å². The van der Waals surface area contributed by atoms with Crippen LogP contribution in [0.4, 0.5) is 0 Å². The largest absolute Gasteiger partial charge is 0.356 e. The molecule has 0 aliphatic carbocycles. The lowest BCUT2D eigenvalue weighted by molar-refractivity contribution is -0.142. The Morgan fingerprint density at radius 2 is 1.28 bits per heavy atom. The number of hydrogen-bond donors (Lipinski definition) is 0. The molecule has 1 radical (unpaired) electrons. The molecule has 0 atom stereocenters. The number of thioether (sulfide) groups is 1. The molecule has 0 fully saturated rings. The van der Waals surface area contributed by atoms with Crippen LogP contribution in [0.15, 0.2) is 0 Å². The van der Waals surface area contributed by atoms with Crippen LogP contribution in [-0.2, 0) is 9.90 Å². The third-order valence-corrected chi connectivity index (χ3v) is 4.16. The average Bonchev–Trinajstić information content (AvgIpc) is 2.34. The molecule has 0 unspecified atom stereocenters. The molecular formula is C15H29O2S. The van der Waals surface area contributed by atoms with E-state index in [1.807, 2.05) is 0 Å². The molecule has 0 aliphatic heterocycles. The zero-order chi connectivity index (χ0) is 13.5. The first kappa shape index (κ1) is 17.8. The normalized spacial score (nSPS) is 10.7. The van der Waals surface area contributed by atoms with Crippen LogP contribution in [0.1, 0.15) is 77.6 Å². The smallest absolute Gasteiger partial charge is 0.247 e. The van der Waals surface area contributed by atoms with Gasteiger partial charge in [0.15, 0.2) is 0 Å². The highest BCUT2D eigenvalue weighted by Gasteiger charge is 1.98.